The van der Waals surface area contributed by atoms with E-state index in [1.165, 1.54) is 0 Å². The van der Waals surface area contributed by atoms with Gasteiger partial charge >= 0.3 is 18.2 Å². The summed E-state index contributed by atoms with van der Waals surface area (Å²) in [5.41, 5.74) is 10.3. The predicted molar refractivity (Wildman–Crippen MR) is 154 cm³/mol. The quantitative estimate of drug-likeness (QED) is 0.210. The van der Waals surface area contributed by atoms with Crippen LogP contribution in [0.2, 0.25) is 0 Å². The molecule has 1 saturated heterocycles. The van der Waals surface area contributed by atoms with E-state index in [0.29, 0.717) is 38.5 Å². The lowest BCUT2D eigenvalue weighted by atomic mass is 10.1. The summed E-state index contributed by atoms with van der Waals surface area (Å²) in [6.45, 7) is 2.92. The molecular formula is C28H30F3N7O4S. The second kappa shape index (κ2) is 14.6. The Labute approximate surface area is 249 Å². The molecule has 5 rings (SSSR count). The number of aryl methyl sites for hydroxylation is 1. The van der Waals surface area contributed by atoms with Gasteiger partial charge in [-0.3, -0.25) is 0 Å². The number of urea groups is 1. The lowest BCUT2D eigenvalue weighted by molar-refractivity contribution is -0.192. The van der Waals surface area contributed by atoms with Crippen LogP contribution in [-0.4, -0.2) is 80.9 Å². The predicted octanol–water partition coefficient (Wildman–Crippen LogP) is 4.38. The Balaban J connectivity index is 0.000000541. The number of nitrogens with one attached hydrogen (secondary N) is 1. The van der Waals surface area contributed by atoms with E-state index in [2.05, 4.69) is 33.1 Å². The van der Waals surface area contributed by atoms with Crippen LogP contribution in [0.4, 0.5) is 18.0 Å². The van der Waals surface area contributed by atoms with Gasteiger partial charge in [0.05, 0.1) is 35.4 Å². The molecule has 0 saturated carbocycles. The summed E-state index contributed by atoms with van der Waals surface area (Å²) in [5.74, 6) is -2.06. The van der Waals surface area contributed by atoms with Crippen molar-refractivity contribution in [2.45, 2.75) is 25.4 Å². The lowest BCUT2D eigenvalue weighted by Crippen LogP contribution is -2.31. The second-order valence-corrected chi connectivity index (χ2v) is 10.2. The second-order valence-electron chi connectivity index (χ2n) is 9.35. The van der Waals surface area contributed by atoms with Crippen molar-refractivity contribution in [1.29, 1.82) is 0 Å². The summed E-state index contributed by atoms with van der Waals surface area (Å²) in [6, 6.07) is 16.0. The SMILES string of the molecule is NCCCCc1cn(-c2ccc(-c3nc(-c4ccccc4)cs3)c(OCCN3CCNC3=O)c2)nn1.O=C(O)C(F)(F)F. The number of thiazole rings is 1. The Morgan fingerprint density at radius 2 is 1.93 bits per heavy atom. The number of carbonyl (C=O) groups is 2. The molecule has 2 aromatic carbocycles. The number of nitrogens with zero attached hydrogens (tertiary/aromatic N) is 5. The maximum atomic E-state index is 11.9. The maximum absolute atomic E-state index is 11.9. The van der Waals surface area contributed by atoms with Crippen LogP contribution in [0.1, 0.15) is 18.5 Å². The highest BCUT2D eigenvalue weighted by Crippen LogP contribution is 2.36. The smallest absolute Gasteiger partial charge is 0.490 e. The number of nitrogens with two attached hydrogens (primary N) is 1. The molecule has 0 aliphatic carbocycles. The van der Waals surface area contributed by atoms with E-state index in [1.54, 1.807) is 20.9 Å². The lowest BCUT2D eigenvalue weighted by Gasteiger charge is -2.16. The molecular weight excluding hydrogens is 587 g/mol. The molecule has 0 unspecified atom stereocenters. The van der Waals surface area contributed by atoms with Crippen molar-refractivity contribution in [2.24, 2.45) is 5.73 Å². The number of hydrogen-bond donors (Lipinski definition) is 3. The average molecular weight is 618 g/mol. The minimum absolute atomic E-state index is 0.0511. The van der Waals surface area contributed by atoms with Gasteiger partial charge in [-0.2, -0.15) is 13.2 Å². The number of halogens is 3. The number of ether oxygens (including phenoxy) is 1. The first-order chi connectivity index (χ1) is 20.7. The molecule has 0 spiro atoms. The van der Waals surface area contributed by atoms with Crippen LogP contribution in [0.5, 0.6) is 5.75 Å². The highest BCUT2D eigenvalue weighted by atomic mass is 32.1. The van der Waals surface area contributed by atoms with Gasteiger partial charge in [-0.05, 0) is 37.9 Å². The zero-order valence-electron chi connectivity index (χ0n) is 23.0. The number of hydrogen-bond acceptors (Lipinski definition) is 8. The van der Waals surface area contributed by atoms with Crippen LogP contribution in [0.15, 0.2) is 60.1 Å². The molecule has 4 N–H and O–H groups in total. The third-order valence-electron chi connectivity index (χ3n) is 6.27. The fourth-order valence-corrected chi connectivity index (χ4v) is 4.93. The molecule has 3 heterocycles. The third kappa shape index (κ3) is 8.75. The Morgan fingerprint density at radius 3 is 2.60 bits per heavy atom. The fraction of sp³-hybridized carbons (Fsp3) is 0.321. The van der Waals surface area contributed by atoms with Crippen molar-refractivity contribution in [3.05, 3.63) is 65.8 Å². The van der Waals surface area contributed by atoms with Crippen LogP contribution < -0.4 is 15.8 Å². The average Bonchev–Trinajstić information content (AvgIpc) is 3.76. The molecule has 43 heavy (non-hydrogen) atoms. The zero-order chi connectivity index (χ0) is 30.8. The molecule has 1 aliphatic rings. The molecule has 4 aromatic rings. The topological polar surface area (TPSA) is 148 Å². The van der Waals surface area contributed by atoms with Crippen LogP contribution in [0.3, 0.4) is 0 Å². The maximum Gasteiger partial charge on any atom is 0.490 e. The number of rotatable bonds is 11. The van der Waals surface area contributed by atoms with E-state index in [0.717, 1.165) is 52.5 Å². The molecule has 0 atom stereocenters. The number of benzene rings is 2. The van der Waals surface area contributed by atoms with Gasteiger partial charge in [0, 0.05) is 30.1 Å². The van der Waals surface area contributed by atoms with Gasteiger partial charge in [0.25, 0.3) is 0 Å². The molecule has 15 heteroatoms. The molecule has 0 radical (unpaired) electrons. The van der Waals surface area contributed by atoms with E-state index in [-0.39, 0.29) is 6.03 Å². The summed E-state index contributed by atoms with van der Waals surface area (Å²) in [7, 11) is 0. The van der Waals surface area contributed by atoms with Gasteiger partial charge in [-0.15, -0.1) is 16.4 Å². The summed E-state index contributed by atoms with van der Waals surface area (Å²) in [4.78, 5) is 27.4. The van der Waals surface area contributed by atoms with Gasteiger partial charge in [-0.1, -0.05) is 35.5 Å². The highest BCUT2D eigenvalue weighted by molar-refractivity contribution is 7.13. The number of aliphatic carboxylic acids is 1. The Kier molecular flexibility index (Phi) is 10.7. The van der Waals surface area contributed by atoms with Crippen LogP contribution in [-0.2, 0) is 11.2 Å². The number of unbranched alkanes of at least 4 members (excludes halogenated alkanes) is 1. The van der Waals surface area contributed by atoms with E-state index in [9.17, 15) is 18.0 Å². The first kappa shape index (κ1) is 31.4. The van der Waals surface area contributed by atoms with Crippen LogP contribution in [0, 0.1) is 0 Å². The molecule has 228 valence electrons. The summed E-state index contributed by atoms with van der Waals surface area (Å²) in [6.07, 6.45) is -0.341. The molecule has 2 aromatic heterocycles. The van der Waals surface area contributed by atoms with E-state index < -0.39 is 12.1 Å². The largest absolute Gasteiger partial charge is 0.491 e. The third-order valence-corrected chi connectivity index (χ3v) is 7.14. The van der Waals surface area contributed by atoms with Crippen molar-refractivity contribution in [1.82, 2.24) is 30.2 Å². The molecule has 2 amide bonds. The van der Waals surface area contributed by atoms with Crippen molar-refractivity contribution in [3.8, 4) is 33.3 Å². The number of aromatic nitrogens is 4. The number of alkyl halides is 3. The summed E-state index contributed by atoms with van der Waals surface area (Å²) < 4.78 is 39.7. The van der Waals surface area contributed by atoms with Gasteiger partial charge < -0.3 is 25.8 Å². The molecule has 1 fully saturated rings. The zero-order valence-corrected chi connectivity index (χ0v) is 23.8. The first-order valence-corrected chi connectivity index (χ1v) is 14.3. The monoisotopic (exact) mass is 617 g/mol. The van der Waals surface area contributed by atoms with Gasteiger partial charge in [0.15, 0.2) is 0 Å². The fourth-order valence-electron chi connectivity index (χ4n) is 4.07. The van der Waals surface area contributed by atoms with Crippen LogP contribution in [0.25, 0.3) is 27.5 Å². The van der Waals surface area contributed by atoms with E-state index in [1.807, 2.05) is 42.6 Å². The van der Waals surface area contributed by atoms with Gasteiger partial charge in [-0.25, -0.2) is 19.3 Å². The summed E-state index contributed by atoms with van der Waals surface area (Å²) >= 11 is 1.58. The Morgan fingerprint density at radius 1 is 1.16 bits per heavy atom. The molecule has 1 aliphatic heterocycles. The summed E-state index contributed by atoms with van der Waals surface area (Å²) in [5, 5.41) is 21.5. The minimum Gasteiger partial charge on any atom is -0.491 e. The van der Waals surface area contributed by atoms with Crippen molar-refractivity contribution < 1.29 is 32.6 Å². The molecule has 0 bridgehead atoms. The van der Waals surface area contributed by atoms with Crippen molar-refractivity contribution >= 4 is 23.3 Å². The Bertz CT molecular complexity index is 1510. The van der Waals surface area contributed by atoms with Crippen molar-refractivity contribution in [3.63, 3.8) is 0 Å². The normalized spacial score (nSPS) is 12.9. The number of carbonyl (C=O) groups excluding carboxylic acids is 1. The van der Waals surface area contributed by atoms with Crippen molar-refractivity contribution in [2.75, 3.05) is 32.8 Å². The van der Waals surface area contributed by atoms with Gasteiger partial charge in [0.1, 0.15) is 17.4 Å². The highest BCUT2D eigenvalue weighted by Gasteiger charge is 2.38. The standard InChI is InChI=1S/C26H29N7O2S.C2HF3O2/c27-11-5-4-8-20-17-33(31-30-20)21-9-10-22(24(16-21)35-15-14-32-13-12-28-26(32)34)25-29-23(18-36-25)19-6-2-1-3-7-19;3-2(4,5)1(6)7/h1-3,6-7,9-10,16-18H,4-5,8,11-15,27H2,(H,28,34);(H,6,7). The number of amides is 2. The van der Waals surface area contributed by atoms with E-state index in [4.69, 9.17) is 25.4 Å². The minimum atomic E-state index is -5.08. The molecule has 11 nitrogen and oxygen atoms in total. The number of carboxylic acid groups (broad SMARTS) is 1. The number of carboxylic acids is 1. The Hall–Kier alpha value is -4.50. The van der Waals surface area contributed by atoms with Gasteiger partial charge in [0.2, 0.25) is 0 Å². The van der Waals surface area contributed by atoms with E-state index >= 15 is 0 Å². The first-order valence-electron chi connectivity index (χ1n) is 13.4. The van der Waals surface area contributed by atoms with Crippen LogP contribution >= 0.6 is 11.3 Å².